The van der Waals surface area contributed by atoms with Gasteiger partial charge < -0.3 is 0 Å². The van der Waals surface area contributed by atoms with Gasteiger partial charge in [-0.05, 0) is 24.3 Å². The van der Waals surface area contributed by atoms with Crippen molar-refractivity contribution < 1.29 is 20.8 Å². The first-order valence-electron chi connectivity index (χ1n) is 13.2. The van der Waals surface area contributed by atoms with Gasteiger partial charge in [-0.2, -0.15) is 35.5 Å². The molecule has 0 fully saturated rings. The molecule has 0 N–H and O–H groups in total. The number of hydrogen-bond acceptors (Lipinski definition) is 0. The molecule has 1 heterocycles. The number of fused-ring (bicyclic) bond motifs is 4. The zero-order valence-corrected chi connectivity index (χ0v) is 27.2. The Morgan fingerprint density at radius 3 is 2.34 bits per heavy atom. The normalized spacial score (nSPS) is 11.1. The minimum absolute atomic E-state index is 0.579. The molecule has 190 valence electrons. The number of benzene rings is 4. The van der Waals surface area contributed by atoms with Crippen LogP contribution in [0.5, 0.6) is 0 Å². The van der Waals surface area contributed by atoms with Crippen LogP contribution in [-0.4, -0.2) is 9.52 Å². The number of unbranched alkanes of at least 4 members (excludes halogenated alkanes) is 1. The van der Waals surface area contributed by atoms with Crippen LogP contribution in [0.4, 0.5) is 0 Å². The number of aryl methyl sites for hydroxylation is 1. The zero-order valence-electron chi connectivity index (χ0n) is 22.2. The summed E-state index contributed by atoms with van der Waals surface area (Å²) in [4.78, 5) is 0. The summed E-state index contributed by atoms with van der Waals surface area (Å²) in [6.45, 7) is 6.81. The van der Waals surface area contributed by atoms with Crippen molar-refractivity contribution >= 4 is 47.7 Å². The third-order valence-electron chi connectivity index (χ3n) is 6.86. The van der Waals surface area contributed by atoms with Crippen molar-refractivity contribution in [3.05, 3.63) is 114 Å². The first-order valence-corrected chi connectivity index (χ1v) is 20.5. The van der Waals surface area contributed by atoms with Crippen LogP contribution >= 0.6 is 17.0 Å². The Bertz CT molecular complexity index is 1410. The fourth-order valence-corrected chi connectivity index (χ4v) is 6.24. The Balaban J connectivity index is 0.000000177. The van der Waals surface area contributed by atoms with Gasteiger partial charge in [0.25, 0.3) is 0 Å². The molecule has 0 saturated carbocycles. The first-order chi connectivity index (χ1) is 18.6. The van der Waals surface area contributed by atoms with Gasteiger partial charge >= 0.3 is 37.9 Å². The Hall–Kier alpha value is -1.83. The summed E-state index contributed by atoms with van der Waals surface area (Å²) >= 11 is -0.826. The van der Waals surface area contributed by atoms with Gasteiger partial charge in [0.2, 0.25) is 0 Å². The molecular weight excluding hydrogens is 599 g/mol. The van der Waals surface area contributed by atoms with E-state index < -0.39 is 20.8 Å². The van der Waals surface area contributed by atoms with Gasteiger partial charge in [0, 0.05) is 0 Å². The monoisotopic (exact) mass is 628 g/mol. The summed E-state index contributed by atoms with van der Waals surface area (Å²) in [5.74, 6) is 0.579. The van der Waals surface area contributed by atoms with Gasteiger partial charge in [-0.1, -0.05) is 104 Å². The van der Waals surface area contributed by atoms with Crippen molar-refractivity contribution in [2.75, 3.05) is 0 Å². The SMILES string of the molecule is CCCCc1ccc2[cH-]c(C(C)C)cc2c1-c1ccccc1.[Cl][Zr+2][Cl].[c-]1cccc2c1[Si]c1ccccc1-2. The van der Waals surface area contributed by atoms with E-state index in [0.29, 0.717) is 5.92 Å². The van der Waals surface area contributed by atoms with Crippen molar-refractivity contribution in [3.63, 3.8) is 0 Å². The summed E-state index contributed by atoms with van der Waals surface area (Å²) in [6, 6.07) is 38.4. The quantitative estimate of drug-likeness (QED) is 0.132. The van der Waals surface area contributed by atoms with E-state index in [1.807, 2.05) is 6.07 Å². The predicted octanol–water partition coefficient (Wildman–Crippen LogP) is 9.19. The molecule has 4 heteroatoms. The Labute approximate surface area is 249 Å². The molecule has 0 unspecified atom stereocenters. The van der Waals surface area contributed by atoms with Crippen LogP contribution in [0.3, 0.4) is 0 Å². The molecule has 0 saturated heterocycles. The molecule has 0 aromatic heterocycles. The fourth-order valence-electron chi connectivity index (χ4n) is 4.93. The van der Waals surface area contributed by atoms with E-state index in [1.54, 1.807) is 0 Å². The molecular formula is C34H32Cl2SiZr. The molecule has 1 aliphatic heterocycles. The van der Waals surface area contributed by atoms with Crippen LogP contribution in [0.15, 0.2) is 97.1 Å². The maximum atomic E-state index is 4.93. The molecule has 1 aliphatic rings. The van der Waals surface area contributed by atoms with Crippen LogP contribution in [-0.2, 0) is 27.3 Å². The van der Waals surface area contributed by atoms with E-state index in [9.17, 15) is 0 Å². The Morgan fingerprint density at radius 1 is 0.895 bits per heavy atom. The van der Waals surface area contributed by atoms with Crippen molar-refractivity contribution in [1.29, 1.82) is 0 Å². The van der Waals surface area contributed by atoms with E-state index in [-0.39, 0.29) is 0 Å². The van der Waals surface area contributed by atoms with Crippen LogP contribution in [0, 0.1) is 6.07 Å². The molecule has 0 spiro atoms. The Morgan fingerprint density at radius 2 is 1.61 bits per heavy atom. The number of halogens is 2. The van der Waals surface area contributed by atoms with E-state index in [4.69, 9.17) is 17.0 Å². The minimum Gasteiger partial charge on any atom is -0.184 e. The van der Waals surface area contributed by atoms with E-state index in [1.165, 1.54) is 73.8 Å². The topological polar surface area (TPSA) is 0 Å². The van der Waals surface area contributed by atoms with Crippen LogP contribution in [0.25, 0.3) is 33.0 Å². The van der Waals surface area contributed by atoms with Gasteiger partial charge in [0.15, 0.2) is 0 Å². The molecule has 2 radical (unpaired) electrons. The molecule has 0 bridgehead atoms. The second kappa shape index (κ2) is 14.5. The number of hydrogen-bond donors (Lipinski definition) is 0. The zero-order chi connectivity index (χ0) is 26.9. The number of rotatable bonds is 5. The summed E-state index contributed by atoms with van der Waals surface area (Å²) in [7, 11) is 10.7. The van der Waals surface area contributed by atoms with Gasteiger partial charge in [-0.3, -0.25) is 0 Å². The van der Waals surface area contributed by atoms with Crippen molar-refractivity contribution in [2.45, 2.75) is 46.0 Å². The summed E-state index contributed by atoms with van der Waals surface area (Å²) in [5.41, 5.74) is 8.49. The van der Waals surface area contributed by atoms with E-state index >= 15 is 0 Å². The minimum atomic E-state index is -0.826. The molecule has 0 amide bonds. The van der Waals surface area contributed by atoms with Crippen molar-refractivity contribution in [1.82, 2.24) is 0 Å². The second-order valence-corrected chi connectivity index (χ2v) is 14.7. The largest absolute Gasteiger partial charge is 0.184 e. The molecule has 38 heavy (non-hydrogen) atoms. The smallest absolute Gasteiger partial charge is 0.0920 e. The summed E-state index contributed by atoms with van der Waals surface area (Å²) < 4.78 is 0. The van der Waals surface area contributed by atoms with E-state index in [0.717, 1.165) is 9.52 Å². The molecule has 0 nitrogen and oxygen atoms in total. The third kappa shape index (κ3) is 7.02. The van der Waals surface area contributed by atoms with Crippen LogP contribution in [0.2, 0.25) is 0 Å². The van der Waals surface area contributed by atoms with Crippen LogP contribution < -0.4 is 10.4 Å². The second-order valence-electron chi connectivity index (χ2n) is 9.72. The maximum Gasteiger partial charge on any atom is 0.0920 e. The summed E-state index contributed by atoms with van der Waals surface area (Å²) in [6.07, 6.45) is 3.66. The van der Waals surface area contributed by atoms with Crippen molar-refractivity contribution in [3.8, 4) is 22.3 Å². The third-order valence-corrected chi connectivity index (χ3v) is 8.23. The van der Waals surface area contributed by atoms with Crippen molar-refractivity contribution in [2.24, 2.45) is 0 Å². The molecule has 6 rings (SSSR count). The fraction of sp³-hybridized carbons (Fsp3) is 0.206. The van der Waals surface area contributed by atoms with Gasteiger partial charge in [0.05, 0.1) is 9.52 Å². The van der Waals surface area contributed by atoms with Gasteiger partial charge in [-0.15, -0.1) is 40.1 Å². The van der Waals surface area contributed by atoms with Gasteiger partial charge in [-0.25, -0.2) is 0 Å². The summed E-state index contributed by atoms with van der Waals surface area (Å²) in [5, 5.41) is 5.62. The maximum absolute atomic E-state index is 4.93. The average molecular weight is 631 g/mol. The molecule has 5 aromatic rings. The Kier molecular flexibility index (Phi) is 11.1. The van der Waals surface area contributed by atoms with E-state index in [2.05, 4.69) is 118 Å². The predicted molar refractivity (Wildman–Crippen MR) is 165 cm³/mol. The molecule has 5 aromatic carbocycles. The van der Waals surface area contributed by atoms with Crippen LogP contribution in [0.1, 0.15) is 50.7 Å². The average Bonchev–Trinajstić information content (AvgIpc) is 3.55. The molecule has 0 atom stereocenters. The molecule has 0 aliphatic carbocycles. The first kappa shape index (κ1) is 29.2. The van der Waals surface area contributed by atoms with Gasteiger partial charge in [0.1, 0.15) is 0 Å². The standard InChI is InChI=1S/C22H25.C12H7Si.2ClH.Zr/c1-4-5-9-18-12-13-19-14-20(16(2)3)15-21(19)22(18)17-10-7-6-8-11-17;1-3-7-11-9(5-1)10-6-2-4-8-12(10)13-11;;;/h6-8,10-16H,4-5,9H2,1-3H3;1-7H;2*1H;/q2*-1;;;+4/p-2.